The molecule has 13 nitrogen and oxygen atoms in total. The van der Waals surface area contributed by atoms with Crippen molar-refractivity contribution in [3.63, 3.8) is 0 Å². The normalized spacial score (nSPS) is 11.4. The molecular formula is C24H34N4O9S. The molecule has 0 aliphatic rings. The predicted molar refractivity (Wildman–Crippen MR) is 138 cm³/mol. The van der Waals surface area contributed by atoms with Crippen LogP contribution >= 0.6 is 11.8 Å². The van der Waals surface area contributed by atoms with Crippen molar-refractivity contribution in [3.05, 3.63) is 35.9 Å². The monoisotopic (exact) mass is 554 g/mol. The second-order valence-corrected chi connectivity index (χ2v) is 9.82. The number of thioether (sulfide) groups is 1. The van der Waals surface area contributed by atoms with Gasteiger partial charge in [0.15, 0.2) is 0 Å². The number of ether oxygens (including phenoxy) is 3. The lowest BCUT2D eigenvalue weighted by molar-refractivity contribution is -0.151. The van der Waals surface area contributed by atoms with Crippen LogP contribution in [0.3, 0.4) is 0 Å². The molecule has 38 heavy (non-hydrogen) atoms. The Morgan fingerprint density at radius 2 is 1.53 bits per heavy atom. The molecule has 0 spiro atoms. The molecule has 0 fully saturated rings. The number of alkyl carbamates (subject to hydrolysis) is 1. The number of rotatable bonds is 13. The minimum atomic E-state index is -1.08. The summed E-state index contributed by atoms with van der Waals surface area (Å²) in [6, 6.07) is 7.76. The minimum Gasteiger partial charge on any atom is -0.444 e. The van der Waals surface area contributed by atoms with Gasteiger partial charge in [0.25, 0.3) is 0 Å². The fourth-order valence-electron chi connectivity index (χ4n) is 2.65. The highest BCUT2D eigenvalue weighted by atomic mass is 32.2. The van der Waals surface area contributed by atoms with Crippen molar-refractivity contribution in [2.45, 2.75) is 45.8 Å². The molecule has 0 saturated carbocycles. The van der Waals surface area contributed by atoms with E-state index < -0.39 is 73.2 Å². The molecule has 0 radical (unpaired) electrons. The van der Waals surface area contributed by atoms with Gasteiger partial charge in [-0.3, -0.25) is 19.2 Å². The summed E-state index contributed by atoms with van der Waals surface area (Å²) in [7, 11) is 0. The molecule has 0 aromatic heterocycles. The van der Waals surface area contributed by atoms with Gasteiger partial charge in [0, 0.05) is 12.2 Å². The molecule has 4 amide bonds. The topological polar surface area (TPSA) is 178 Å². The maximum atomic E-state index is 12.7. The Bertz CT molecular complexity index is 967. The second-order valence-electron chi connectivity index (χ2n) is 8.62. The van der Waals surface area contributed by atoms with E-state index in [0.717, 1.165) is 17.3 Å². The summed E-state index contributed by atoms with van der Waals surface area (Å²) in [6.45, 7) is 4.79. The lowest BCUT2D eigenvalue weighted by atomic mass is 10.1. The Hall–Kier alpha value is -3.81. The number of amides is 4. The Morgan fingerprint density at radius 3 is 2.16 bits per heavy atom. The van der Waals surface area contributed by atoms with Gasteiger partial charge >= 0.3 is 17.4 Å². The van der Waals surface area contributed by atoms with E-state index in [1.54, 1.807) is 58.0 Å². The van der Waals surface area contributed by atoms with Gasteiger partial charge in [-0.25, -0.2) is 9.59 Å². The van der Waals surface area contributed by atoms with Crippen molar-refractivity contribution in [2.24, 2.45) is 0 Å². The van der Waals surface area contributed by atoms with E-state index in [9.17, 15) is 28.8 Å². The van der Waals surface area contributed by atoms with Crippen molar-refractivity contribution in [2.75, 3.05) is 32.2 Å². The fourth-order valence-corrected chi connectivity index (χ4v) is 3.02. The first-order valence-corrected chi connectivity index (χ1v) is 12.7. The number of carbonyl (C=O) groups is 6. The van der Waals surface area contributed by atoms with E-state index >= 15 is 0 Å². The van der Waals surface area contributed by atoms with Crippen molar-refractivity contribution in [1.29, 1.82) is 0 Å². The molecule has 0 aliphatic heterocycles. The first kappa shape index (κ1) is 32.2. The molecule has 0 bridgehead atoms. The Labute approximate surface area is 225 Å². The van der Waals surface area contributed by atoms with Gasteiger partial charge in [-0.15, -0.1) is 0 Å². The summed E-state index contributed by atoms with van der Waals surface area (Å²) in [4.78, 5) is 71.8. The lowest BCUT2D eigenvalue weighted by Gasteiger charge is -2.20. The SMILES string of the molecule is CCSC(=O)OCOC(=O)CNC(=O)[C@H](Cc1ccccc1)NC(=O)CNC(=O)CNC(=O)OC(C)(C)C. The van der Waals surface area contributed by atoms with Crippen LogP contribution in [0.4, 0.5) is 9.59 Å². The maximum Gasteiger partial charge on any atom is 0.408 e. The van der Waals surface area contributed by atoms with Crippen LogP contribution in [0, 0.1) is 0 Å². The van der Waals surface area contributed by atoms with Gasteiger partial charge in [0.1, 0.15) is 24.7 Å². The molecule has 1 rings (SSSR count). The predicted octanol–water partition coefficient (Wildman–Crippen LogP) is 0.861. The molecule has 4 N–H and O–H groups in total. The summed E-state index contributed by atoms with van der Waals surface area (Å²) >= 11 is 0.910. The van der Waals surface area contributed by atoms with Crippen LogP contribution in [0.15, 0.2) is 30.3 Å². The molecule has 210 valence electrons. The van der Waals surface area contributed by atoms with Crippen LogP contribution in [-0.2, 0) is 39.8 Å². The number of hydrogen-bond donors (Lipinski definition) is 4. The van der Waals surface area contributed by atoms with Gasteiger partial charge in [-0.2, -0.15) is 0 Å². The number of nitrogens with one attached hydrogen (secondary N) is 4. The smallest absolute Gasteiger partial charge is 0.408 e. The van der Waals surface area contributed by atoms with Crippen LogP contribution in [0.25, 0.3) is 0 Å². The number of carbonyl (C=O) groups excluding carboxylic acids is 6. The number of esters is 1. The van der Waals surface area contributed by atoms with E-state index in [4.69, 9.17) is 9.47 Å². The molecule has 0 aliphatic carbocycles. The lowest BCUT2D eigenvalue weighted by Crippen LogP contribution is -2.52. The van der Waals surface area contributed by atoms with Crippen LogP contribution in [0.5, 0.6) is 0 Å². The fraction of sp³-hybridized carbons (Fsp3) is 0.500. The highest BCUT2D eigenvalue weighted by Crippen LogP contribution is 2.06. The third-order valence-electron chi connectivity index (χ3n) is 4.24. The summed E-state index contributed by atoms with van der Waals surface area (Å²) in [5.74, 6) is -2.33. The summed E-state index contributed by atoms with van der Waals surface area (Å²) in [5.41, 5.74) is 0.00744. The second kappa shape index (κ2) is 16.8. The van der Waals surface area contributed by atoms with Crippen molar-refractivity contribution < 1.29 is 43.0 Å². The Balaban J connectivity index is 2.57. The average Bonchev–Trinajstić information content (AvgIpc) is 2.84. The van der Waals surface area contributed by atoms with Crippen molar-refractivity contribution in [1.82, 2.24) is 21.3 Å². The summed E-state index contributed by atoms with van der Waals surface area (Å²) in [5, 5.41) is 8.88. The first-order valence-electron chi connectivity index (χ1n) is 11.7. The van der Waals surface area contributed by atoms with Crippen LogP contribution < -0.4 is 21.3 Å². The van der Waals surface area contributed by atoms with E-state index in [-0.39, 0.29) is 6.42 Å². The number of hydrogen-bond acceptors (Lipinski definition) is 10. The molecule has 0 heterocycles. The quantitative estimate of drug-likeness (QED) is 0.202. The van der Waals surface area contributed by atoms with Crippen LogP contribution in [0.2, 0.25) is 0 Å². The third kappa shape index (κ3) is 15.3. The zero-order valence-electron chi connectivity index (χ0n) is 21.8. The maximum absolute atomic E-state index is 12.7. The molecule has 1 aromatic carbocycles. The van der Waals surface area contributed by atoms with E-state index in [0.29, 0.717) is 5.75 Å². The average molecular weight is 555 g/mol. The van der Waals surface area contributed by atoms with Gasteiger partial charge in [-0.05, 0) is 38.1 Å². The first-order chi connectivity index (χ1) is 17.9. The molecule has 14 heteroatoms. The van der Waals surface area contributed by atoms with Crippen molar-refractivity contribution in [3.8, 4) is 0 Å². The van der Waals surface area contributed by atoms with E-state index in [2.05, 4.69) is 26.0 Å². The molecule has 0 unspecified atom stereocenters. The van der Waals surface area contributed by atoms with Crippen LogP contribution in [0.1, 0.15) is 33.3 Å². The molecular weight excluding hydrogens is 520 g/mol. The van der Waals surface area contributed by atoms with Crippen LogP contribution in [-0.4, -0.2) is 78.9 Å². The zero-order valence-corrected chi connectivity index (χ0v) is 22.6. The minimum absolute atomic E-state index is 0.105. The Morgan fingerprint density at radius 1 is 0.868 bits per heavy atom. The van der Waals surface area contributed by atoms with Gasteiger partial charge in [0.05, 0.1) is 6.54 Å². The Kier molecular flexibility index (Phi) is 14.3. The zero-order chi connectivity index (χ0) is 28.6. The molecule has 1 aromatic rings. The van der Waals surface area contributed by atoms with Crippen molar-refractivity contribution >= 4 is 46.8 Å². The molecule has 0 saturated heterocycles. The van der Waals surface area contributed by atoms with Gasteiger partial charge in [-0.1, -0.05) is 37.3 Å². The molecule has 1 atom stereocenters. The van der Waals surface area contributed by atoms with E-state index in [1.807, 2.05) is 0 Å². The van der Waals surface area contributed by atoms with Gasteiger partial charge < -0.3 is 35.5 Å². The highest BCUT2D eigenvalue weighted by Gasteiger charge is 2.23. The van der Waals surface area contributed by atoms with Gasteiger partial charge in [0.2, 0.25) is 24.5 Å². The summed E-state index contributed by atoms with van der Waals surface area (Å²) in [6.07, 6.45) is -0.679. The standard InChI is InChI=1S/C24H34N4O9S/c1-5-38-23(34)36-15-35-20(31)14-26-21(32)17(11-16-9-7-6-8-10-16)28-19(30)13-25-18(29)12-27-22(33)37-24(2,3)4/h6-10,17H,5,11-15H2,1-4H3,(H,25,29)(H,26,32)(H,27,33)(H,28,30)/t17-/m0/s1. The number of benzene rings is 1. The highest BCUT2D eigenvalue weighted by molar-refractivity contribution is 8.13. The largest absolute Gasteiger partial charge is 0.444 e. The van der Waals surface area contributed by atoms with E-state index in [1.165, 1.54) is 0 Å². The third-order valence-corrected chi connectivity index (χ3v) is 4.88. The summed E-state index contributed by atoms with van der Waals surface area (Å²) < 4.78 is 14.4.